The van der Waals surface area contributed by atoms with Crippen molar-refractivity contribution >= 4 is 5.96 Å². The van der Waals surface area contributed by atoms with E-state index in [1.54, 1.807) is 13.1 Å². The Kier molecular flexibility index (Phi) is 7.20. The Morgan fingerprint density at radius 1 is 1.17 bits per heavy atom. The fourth-order valence-electron chi connectivity index (χ4n) is 3.15. The van der Waals surface area contributed by atoms with Crippen molar-refractivity contribution in [2.45, 2.75) is 38.7 Å². The molecule has 8 heteroatoms. The molecule has 3 rings (SSSR count). The average molecular weight is 421 g/mol. The molecule has 5 nitrogen and oxygen atoms in total. The lowest BCUT2D eigenvalue weighted by Crippen LogP contribution is -2.36. The van der Waals surface area contributed by atoms with Crippen LogP contribution in [0, 0.1) is 6.92 Å². The molecule has 162 valence electrons. The van der Waals surface area contributed by atoms with E-state index in [1.165, 1.54) is 6.07 Å². The minimum absolute atomic E-state index is 0.0453. The number of hydrogen-bond acceptors (Lipinski definition) is 3. The van der Waals surface area contributed by atoms with Gasteiger partial charge in [0.25, 0.3) is 0 Å². The smallest absolute Gasteiger partial charge is 0.416 e. The predicted octanol–water partition coefficient (Wildman–Crippen LogP) is 4.05. The maximum Gasteiger partial charge on any atom is 0.416 e. The summed E-state index contributed by atoms with van der Waals surface area (Å²) in [6.07, 6.45) is -3.45. The fraction of sp³-hybridized carbons (Fsp3) is 0.409. The first-order valence-corrected chi connectivity index (χ1v) is 9.80. The Balaban J connectivity index is 1.59. The van der Waals surface area contributed by atoms with Crippen molar-refractivity contribution in [2.24, 2.45) is 4.99 Å². The lowest BCUT2D eigenvalue weighted by atomic mass is 10.1. The summed E-state index contributed by atoms with van der Waals surface area (Å²) >= 11 is 0. The van der Waals surface area contributed by atoms with Gasteiger partial charge >= 0.3 is 6.18 Å². The number of nitrogens with one attached hydrogen (secondary N) is 2. The summed E-state index contributed by atoms with van der Waals surface area (Å²) in [6, 6.07) is 11.2. The van der Waals surface area contributed by atoms with Crippen molar-refractivity contribution < 1.29 is 22.6 Å². The summed E-state index contributed by atoms with van der Waals surface area (Å²) < 4.78 is 50.1. The van der Waals surface area contributed by atoms with Crippen LogP contribution in [0.3, 0.4) is 0 Å². The third kappa shape index (κ3) is 6.13. The predicted molar refractivity (Wildman–Crippen MR) is 110 cm³/mol. The first-order chi connectivity index (χ1) is 14.3. The summed E-state index contributed by atoms with van der Waals surface area (Å²) in [5.74, 6) is 1.29. The van der Waals surface area contributed by atoms with E-state index < -0.39 is 11.7 Å². The summed E-state index contributed by atoms with van der Waals surface area (Å²) in [7, 11) is 1.61. The van der Waals surface area contributed by atoms with Gasteiger partial charge in [-0.05, 0) is 36.2 Å². The Morgan fingerprint density at radius 2 is 1.97 bits per heavy atom. The number of nitrogens with zero attached hydrogens (tertiary/aromatic N) is 1. The minimum Gasteiger partial charge on any atom is -0.488 e. The zero-order valence-corrected chi connectivity index (χ0v) is 17.1. The first kappa shape index (κ1) is 22.0. The van der Waals surface area contributed by atoms with E-state index in [2.05, 4.69) is 15.6 Å². The normalized spacial score (nSPS) is 17.1. The molecule has 0 saturated carbocycles. The molecule has 1 fully saturated rings. The second kappa shape index (κ2) is 9.84. The van der Waals surface area contributed by atoms with Gasteiger partial charge in [-0.25, -0.2) is 0 Å². The van der Waals surface area contributed by atoms with Crippen molar-refractivity contribution in [2.75, 3.05) is 20.3 Å². The van der Waals surface area contributed by atoms with Crippen LogP contribution in [-0.2, 0) is 24.0 Å². The van der Waals surface area contributed by atoms with E-state index >= 15 is 0 Å². The van der Waals surface area contributed by atoms with Gasteiger partial charge in [-0.1, -0.05) is 24.3 Å². The highest BCUT2D eigenvalue weighted by Crippen LogP contribution is 2.29. The van der Waals surface area contributed by atoms with Crippen molar-refractivity contribution in [1.82, 2.24) is 10.6 Å². The van der Waals surface area contributed by atoms with Crippen LogP contribution in [0.4, 0.5) is 13.2 Å². The fourth-order valence-corrected chi connectivity index (χ4v) is 3.15. The van der Waals surface area contributed by atoms with E-state index in [0.717, 1.165) is 35.4 Å². The SMILES string of the molecule is CN=C(NCc1cccc(C(F)(F)F)c1)NCc1ccc(C)cc1OC1CCOC1. The number of hydrogen-bond donors (Lipinski definition) is 2. The van der Waals surface area contributed by atoms with Gasteiger partial charge in [0.2, 0.25) is 0 Å². The molecule has 2 aromatic rings. The van der Waals surface area contributed by atoms with Gasteiger partial charge in [-0.2, -0.15) is 13.2 Å². The van der Waals surface area contributed by atoms with Crippen LogP contribution in [0.25, 0.3) is 0 Å². The molecule has 0 aliphatic carbocycles. The van der Waals surface area contributed by atoms with Crippen molar-refractivity contribution in [3.8, 4) is 5.75 Å². The lowest BCUT2D eigenvalue weighted by Gasteiger charge is -2.18. The Bertz CT molecular complexity index is 878. The Labute approximate surface area is 174 Å². The number of rotatable bonds is 6. The molecule has 1 aliphatic heterocycles. The van der Waals surface area contributed by atoms with Crippen LogP contribution >= 0.6 is 0 Å². The molecule has 1 saturated heterocycles. The average Bonchev–Trinajstić information content (AvgIpc) is 3.22. The van der Waals surface area contributed by atoms with E-state index in [4.69, 9.17) is 9.47 Å². The van der Waals surface area contributed by atoms with E-state index in [9.17, 15) is 13.2 Å². The number of guanidine groups is 1. The minimum atomic E-state index is -4.36. The molecule has 1 atom stereocenters. The van der Waals surface area contributed by atoms with Crippen LogP contribution in [-0.4, -0.2) is 32.3 Å². The van der Waals surface area contributed by atoms with Gasteiger partial charge in [0, 0.05) is 32.1 Å². The summed E-state index contributed by atoms with van der Waals surface area (Å²) in [5, 5.41) is 6.24. The summed E-state index contributed by atoms with van der Waals surface area (Å²) in [4.78, 5) is 4.15. The quantitative estimate of drug-likeness (QED) is 0.546. The second-order valence-corrected chi connectivity index (χ2v) is 7.19. The Morgan fingerprint density at radius 3 is 2.67 bits per heavy atom. The molecular formula is C22H26F3N3O2. The van der Waals surface area contributed by atoms with Gasteiger partial charge in [-0.3, -0.25) is 4.99 Å². The number of alkyl halides is 3. The highest BCUT2D eigenvalue weighted by Gasteiger charge is 2.30. The van der Waals surface area contributed by atoms with Gasteiger partial charge in [0.15, 0.2) is 5.96 Å². The second-order valence-electron chi connectivity index (χ2n) is 7.19. The monoisotopic (exact) mass is 421 g/mol. The third-order valence-corrected chi connectivity index (χ3v) is 4.79. The molecule has 1 heterocycles. The highest BCUT2D eigenvalue weighted by atomic mass is 19.4. The molecule has 0 spiro atoms. The maximum atomic E-state index is 12.9. The number of benzene rings is 2. The van der Waals surface area contributed by atoms with Crippen LogP contribution in [0.2, 0.25) is 0 Å². The van der Waals surface area contributed by atoms with Crippen molar-refractivity contribution in [1.29, 1.82) is 0 Å². The molecule has 1 aliphatic rings. The molecule has 0 radical (unpaired) electrons. The maximum absolute atomic E-state index is 12.9. The number of aryl methyl sites for hydroxylation is 1. The Hall–Kier alpha value is -2.74. The van der Waals surface area contributed by atoms with Crippen LogP contribution in [0.5, 0.6) is 5.75 Å². The topological polar surface area (TPSA) is 54.9 Å². The molecule has 0 aromatic heterocycles. The van der Waals surface area contributed by atoms with E-state index in [1.807, 2.05) is 25.1 Å². The lowest BCUT2D eigenvalue weighted by molar-refractivity contribution is -0.137. The highest BCUT2D eigenvalue weighted by molar-refractivity contribution is 5.79. The van der Waals surface area contributed by atoms with Crippen LogP contribution < -0.4 is 15.4 Å². The molecule has 2 aromatic carbocycles. The molecule has 0 amide bonds. The largest absolute Gasteiger partial charge is 0.488 e. The molecule has 2 N–H and O–H groups in total. The van der Waals surface area contributed by atoms with Crippen LogP contribution in [0.1, 0.15) is 28.7 Å². The first-order valence-electron chi connectivity index (χ1n) is 9.80. The van der Waals surface area contributed by atoms with Gasteiger partial charge in [0.05, 0.1) is 18.8 Å². The van der Waals surface area contributed by atoms with E-state index in [-0.39, 0.29) is 12.6 Å². The number of ether oxygens (including phenoxy) is 2. The van der Waals surface area contributed by atoms with Crippen LogP contribution in [0.15, 0.2) is 47.5 Å². The number of aliphatic imine (C=N–C) groups is 1. The zero-order chi connectivity index (χ0) is 21.6. The third-order valence-electron chi connectivity index (χ3n) is 4.79. The molecular weight excluding hydrogens is 395 g/mol. The molecule has 30 heavy (non-hydrogen) atoms. The van der Waals surface area contributed by atoms with E-state index in [0.29, 0.717) is 31.3 Å². The summed E-state index contributed by atoms with van der Waals surface area (Å²) in [5.41, 5.74) is 1.92. The number of halogens is 3. The standard InChI is InChI=1S/C22H26F3N3O2/c1-15-6-7-17(20(10-15)30-19-8-9-29-14-19)13-28-21(26-2)27-12-16-4-3-5-18(11-16)22(23,24)25/h3-7,10-11,19H,8-9,12-14H2,1-2H3,(H2,26,27,28). The van der Waals surface area contributed by atoms with Gasteiger partial charge < -0.3 is 20.1 Å². The van der Waals surface area contributed by atoms with Crippen molar-refractivity contribution in [3.05, 3.63) is 64.7 Å². The van der Waals surface area contributed by atoms with Gasteiger partial charge in [-0.15, -0.1) is 0 Å². The van der Waals surface area contributed by atoms with Crippen molar-refractivity contribution in [3.63, 3.8) is 0 Å². The zero-order valence-electron chi connectivity index (χ0n) is 17.1. The molecule has 0 bridgehead atoms. The van der Waals surface area contributed by atoms with Gasteiger partial charge in [0.1, 0.15) is 11.9 Å². The molecule has 1 unspecified atom stereocenters. The summed E-state index contributed by atoms with van der Waals surface area (Å²) in [6.45, 7) is 3.98.